The van der Waals surface area contributed by atoms with E-state index in [0.717, 1.165) is 43.4 Å². The van der Waals surface area contributed by atoms with Crippen LogP contribution in [0.25, 0.3) is 5.65 Å². The number of aryl methyl sites for hydroxylation is 1. The van der Waals surface area contributed by atoms with Gasteiger partial charge in [-0.25, -0.2) is 4.98 Å². The molecule has 1 aliphatic rings. The number of piperidine rings is 1. The maximum atomic E-state index is 4.55. The van der Waals surface area contributed by atoms with Gasteiger partial charge in [0.2, 0.25) is 5.95 Å². The predicted octanol–water partition coefficient (Wildman–Crippen LogP) is 1.72. The van der Waals surface area contributed by atoms with E-state index in [0.29, 0.717) is 12.0 Å². The molecule has 108 valence electrons. The van der Waals surface area contributed by atoms with Crippen LogP contribution >= 0.6 is 0 Å². The van der Waals surface area contributed by atoms with Crippen molar-refractivity contribution >= 4 is 11.6 Å². The van der Waals surface area contributed by atoms with Gasteiger partial charge in [-0.3, -0.25) is 0 Å². The molecule has 20 heavy (non-hydrogen) atoms. The van der Waals surface area contributed by atoms with E-state index in [1.807, 2.05) is 17.6 Å². The largest absolute Gasteiger partial charge is 0.351 e. The monoisotopic (exact) mass is 274 g/mol. The van der Waals surface area contributed by atoms with E-state index in [9.17, 15) is 0 Å². The lowest BCUT2D eigenvalue weighted by Crippen LogP contribution is -2.36. The minimum Gasteiger partial charge on any atom is -0.351 e. The van der Waals surface area contributed by atoms with Crippen LogP contribution in [0.2, 0.25) is 0 Å². The van der Waals surface area contributed by atoms with Crippen LogP contribution in [0, 0.1) is 6.92 Å². The lowest BCUT2D eigenvalue weighted by Gasteiger charge is -2.24. The van der Waals surface area contributed by atoms with Crippen LogP contribution in [0.1, 0.15) is 44.0 Å². The van der Waals surface area contributed by atoms with Gasteiger partial charge in [-0.15, -0.1) is 0 Å². The molecule has 0 unspecified atom stereocenters. The molecule has 2 N–H and O–H groups in total. The molecule has 0 amide bonds. The van der Waals surface area contributed by atoms with Crippen molar-refractivity contribution < 1.29 is 0 Å². The highest BCUT2D eigenvalue weighted by molar-refractivity contribution is 5.52. The number of rotatable bonds is 3. The van der Waals surface area contributed by atoms with Crippen LogP contribution < -0.4 is 10.6 Å². The summed E-state index contributed by atoms with van der Waals surface area (Å²) in [5, 5.41) is 11.4. The molecule has 1 saturated heterocycles. The Labute approximate surface area is 119 Å². The molecular formula is C14H22N6. The third kappa shape index (κ3) is 2.47. The molecule has 6 heteroatoms. The second-order valence-electron chi connectivity index (χ2n) is 5.75. The van der Waals surface area contributed by atoms with Crippen molar-refractivity contribution in [3.05, 3.63) is 17.6 Å². The Morgan fingerprint density at radius 3 is 2.75 bits per heavy atom. The Bertz CT molecular complexity index is 597. The van der Waals surface area contributed by atoms with Gasteiger partial charge in [-0.2, -0.15) is 14.6 Å². The first-order valence-electron chi connectivity index (χ1n) is 7.34. The van der Waals surface area contributed by atoms with Crippen LogP contribution in [0.3, 0.4) is 0 Å². The maximum Gasteiger partial charge on any atom is 0.227 e. The summed E-state index contributed by atoms with van der Waals surface area (Å²) in [7, 11) is 0. The number of hydrogen-bond donors (Lipinski definition) is 2. The van der Waals surface area contributed by atoms with Gasteiger partial charge in [-0.05, 0) is 38.8 Å². The van der Waals surface area contributed by atoms with Crippen molar-refractivity contribution in [3.63, 3.8) is 0 Å². The van der Waals surface area contributed by atoms with Gasteiger partial charge in [-0.1, -0.05) is 13.8 Å². The molecule has 0 aromatic carbocycles. The van der Waals surface area contributed by atoms with Gasteiger partial charge >= 0.3 is 0 Å². The molecule has 0 radical (unpaired) electrons. The molecule has 0 aliphatic carbocycles. The fourth-order valence-corrected chi connectivity index (χ4v) is 2.65. The summed E-state index contributed by atoms with van der Waals surface area (Å²) in [6.07, 6.45) is 4.13. The van der Waals surface area contributed by atoms with Crippen molar-refractivity contribution in [1.29, 1.82) is 0 Å². The topological polar surface area (TPSA) is 67.1 Å². The molecule has 0 saturated carbocycles. The van der Waals surface area contributed by atoms with Crippen LogP contribution in [0.15, 0.2) is 6.20 Å². The lowest BCUT2D eigenvalue weighted by molar-refractivity contribution is 0.476. The van der Waals surface area contributed by atoms with Gasteiger partial charge in [0, 0.05) is 11.6 Å². The average Bonchev–Trinajstić information content (AvgIpc) is 2.83. The van der Waals surface area contributed by atoms with Crippen molar-refractivity contribution in [2.75, 3.05) is 18.4 Å². The van der Waals surface area contributed by atoms with E-state index >= 15 is 0 Å². The summed E-state index contributed by atoms with van der Waals surface area (Å²) in [6, 6.07) is 0.459. The van der Waals surface area contributed by atoms with E-state index in [-0.39, 0.29) is 0 Å². The van der Waals surface area contributed by atoms with Crippen LogP contribution in [0.5, 0.6) is 0 Å². The van der Waals surface area contributed by atoms with Gasteiger partial charge < -0.3 is 10.6 Å². The van der Waals surface area contributed by atoms with Gasteiger partial charge in [0.25, 0.3) is 0 Å². The summed E-state index contributed by atoms with van der Waals surface area (Å²) >= 11 is 0. The minimum atomic E-state index is 0.411. The number of hydrogen-bond acceptors (Lipinski definition) is 5. The maximum absolute atomic E-state index is 4.55. The van der Waals surface area contributed by atoms with Gasteiger partial charge in [0.15, 0.2) is 5.65 Å². The molecule has 0 atom stereocenters. The van der Waals surface area contributed by atoms with E-state index in [1.165, 1.54) is 5.56 Å². The molecule has 2 aromatic heterocycles. The molecule has 2 aromatic rings. The quantitative estimate of drug-likeness (QED) is 0.892. The van der Waals surface area contributed by atoms with E-state index in [4.69, 9.17) is 0 Å². The predicted molar refractivity (Wildman–Crippen MR) is 79.1 cm³/mol. The molecule has 1 fully saturated rings. The Kier molecular flexibility index (Phi) is 3.56. The van der Waals surface area contributed by atoms with Gasteiger partial charge in [0.05, 0.1) is 6.20 Å². The number of nitrogens with zero attached hydrogens (tertiary/aromatic N) is 4. The van der Waals surface area contributed by atoms with E-state index < -0.39 is 0 Å². The molecular weight excluding hydrogens is 252 g/mol. The first-order valence-corrected chi connectivity index (χ1v) is 7.34. The summed E-state index contributed by atoms with van der Waals surface area (Å²) in [5.74, 6) is 2.01. The van der Waals surface area contributed by atoms with E-state index in [2.05, 4.69) is 39.5 Å². The molecule has 3 rings (SSSR count). The van der Waals surface area contributed by atoms with Crippen LogP contribution in [-0.2, 0) is 0 Å². The van der Waals surface area contributed by atoms with Crippen LogP contribution in [-0.4, -0.2) is 38.7 Å². The highest BCUT2D eigenvalue weighted by Crippen LogP contribution is 2.21. The van der Waals surface area contributed by atoms with Crippen molar-refractivity contribution in [2.45, 2.75) is 45.6 Å². The van der Waals surface area contributed by atoms with Crippen LogP contribution in [0.4, 0.5) is 5.95 Å². The highest BCUT2D eigenvalue weighted by Gasteiger charge is 2.18. The Morgan fingerprint density at radius 1 is 1.30 bits per heavy atom. The summed E-state index contributed by atoms with van der Waals surface area (Å²) < 4.78 is 1.84. The highest BCUT2D eigenvalue weighted by atomic mass is 15.4. The number of aromatic nitrogens is 4. The fraction of sp³-hybridized carbons (Fsp3) is 0.643. The van der Waals surface area contributed by atoms with Crippen molar-refractivity contribution in [2.24, 2.45) is 0 Å². The number of fused-ring (bicyclic) bond motifs is 1. The second kappa shape index (κ2) is 5.36. The Balaban J connectivity index is 1.97. The van der Waals surface area contributed by atoms with Crippen molar-refractivity contribution in [1.82, 2.24) is 24.9 Å². The van der Waals surface area contributed by atoms with Gasteiger partial charge in [0.1, 0.15) is 5.82 Å². The zero-order chi connectivity index (χ0) is 14.1. The third-order valence-electron chi connectivity index (χ3n) is 3.80. The standard InChI is InChI=1S/C14H22N6/c1-9(2)12-8-16-20-13(12)17-10(3)18-14(20)19-11-4-6-15-7-5-11/h8-9,11,15H,4-7H2,1-3H3,(H,17,18,19). The normalized spacial score (nSPS) is 17.0. The minimum absolute atomic E-state index is 0.411. The molecule has 6 nitrogen and oxygen atoms in total. The summed E-state index contributed by atoms with van der Waals surface area (Å²) in [4.78, 5) is 9.07. The summed E-state index contributed by atoms with van der Waals surface area (Å²) in [6.45, 7) is 8.37. The zero-order valence-electron chi connectivity index (χ0n) is 12.3. The smallest absolute Gasteiger partial charge is 0.227 e. The third-order valence-corrected chi connectivity index (χ3v) is 3.80. The molecule has 1 aliphatic heterocycles. The van der Waals surface area contributed by atoms with E-state index in [1.54, 1.807) is 0 Å². The first kappa shape index (κ1) is 13.3. The SMILES string of the molecule is Cc1nc(NC2CCNCC2)n2ncc(C(C)C)c2n1. The fourth-order valence-electron chi connectivity index (χ4n) is 2.65. The molecule has 3 heterocycles. The first-order chi connectivity index (χ1) is 9.65. The Morgan fingerprint density at radius 2 is 2.05 bits per heavy atom. The lowest BCUT2D eigenvalue weighted by atomic mass is 10.1. The second-order valence-corrected chi connectivity index (χ2v) is 5.75. The average molecular weight is 274 g/mol. The molecule has 0 bridgehead atoms. The Hall–Kier alpha value is -1.69. The van der Waals surface area contributed by atoms with Crippen molar-refractivity contribution in [3.8, 4) is 0 Å². The number of nitrogens with one attached hydrogen (secondary N) is 2. The molecule has 0 spiro atoms. The number of anilines is 1. The summed E-state index contributed by atoms with van der Waals surface area (Å²) in [5.41, 5.74) is 2.09. The zero-order valence-corrected chi connectivity index (χ0v) is 12.3.